The molecule has 0 radical (unpaired) electrons. The second kappa shape index (κ2) is 8.51. The van der Waals surface area contributed by atoms with E-state index in [4.69, 9.17) is 14.2 Å². The molecule has 0 aliphatic carbocycles. The highest BCUT2D eigenvalue weighted by molar-refractivity contribution is 5.79. The van der Waals surface area contributed by atoms with Crippen LogP contribution in [0, 0.1) is 0 Å². The van der Waals surface area contributed by atoms with Crippen LogP contribution in [0.15, 0.2) is 36.4 Å². The maximum absolute atomic E-state index is 12.6. The van der Waals surface area contributed by atoms with E-state index in [-0.39, 0.29) is 12.0 Å². The lowest BCUT2D eigenvalue weighted by Gasteiger charge is -2.32. The van der Waals surface area contributed by atoms with Crippen LogP contribution < -0.4 is 14.2 Å². The van der Waals surface area contributed by atoms with E-state index >= 15 is 0 Å². The van der Waals surface area contributed by atoms with E-state index in [0.29, 0.717) is 24.7 Å². The molecule has 0 bridgehead atoms. The highest BCUT2D eigenvalue weighted by Crippen LogP contribution is 2.19. The molecule has 26 heavy (non-hydrogen) atoms. The lowest BCUT2D eigenvalue weighted by molar-refractivity contribution is -0.133. The largest absolute Gasteiger partial charge is 0.497 e. The summed E-state index contributed by atoms with van der Waals surface area (Å²) in [5.41, 5.74) is 0.943. The molecule has 1 unspecified atom stereocenters. The van der Waals surface area contributed by atoms with Gasteiger partial charge >= 0.3 is 0 Å². The summed E-state index contributed by atoms with van der Waals surface area (Å²) >= 11 is 0. The quantitative estimate of drug-likeness (QED) is 0.788. The van der Waals surface area contributed by atoms with Crippen LogP contribution in [-0.2, 0) is 11.2 Å². The first kappa shape index (κ1) is 18.0. The fourth-order valence-corrected chi connectivity index (χ4v) is 2.98. The van der Waals surface area contributed by atoms with Gasteiger partial charge in [-0.1, -0.05) is 12.1 Å². The molecular formula is C19H23N3O4. The number of ether oxygens (including phenoxy) is 3. The predicted octanol–water partition coefficient (Wildman–Crippen LogP) is 2.11. The van der Waals surface area contributed by atoms with Crippen LogP contribution in [0.1, 0.15) is 18.4 Å². The molecule has 3 rings (SSSR count). The first-order valence-electron chi connectivity index (χ1n) is 8.63. The zero-order valence-corrected chi connectivity index (χ0v) is 15.1. The van der Waals surface area contributed by atoms with Gasteiger partial charge in [0.25, 0.3) is 0 Å². The number of hydrogen-bond donors (Lipinski definition) is 0. The number of carbonyl (C=O) groups excluding carboxylic acids is 1. The lowest BCUT2D eigenvalue weighted by atomic mass is 10.1. The van der Waals surface area contributed by atoms with Crippen LogP contribution in [0.25, 0.3) is 0 Å². The van der Waals surface area contributed by atoms with Gasteiger partial charge in [-0.15, -0.1) is 10.2 Å². The molecule has 1 atom stereocenters. The van der Waals surface area contributed by atoms with Gasteiger partial charge in [-0.2, -0.15) is 0 Å². The third-order valence-electron chi connectivity index (χ3n) is 4.33. The zero-order valence-electron chi connectivity index (χ0n) is 15.1. The van der Waals surface area contributed by atoms with E-state index < -0.39 is 0 Å². The SMILES string of the molecule is COc1cccc(CC(=O)N2CCCC(Oc3ccc(OC)nn3)C2)c1. The summed E-state index contributed by atoms with van der Waals surface area (Å²) in [6.45, 7) is 1.30. The molecule has 1 aliphatic rings. The number of methoxy groups -OCH3 is 2. The average molecular weight is 357 g/mol. The van der Waals surface area contributed by atoms with E-state index in [1.807, 2.05) is 29.2 Å². The summed E-state index contributed by atoms with van der Waals surface area (Å²) in [5, 5.41) is 7.89. The summed E-state index contributed by atoms with van der Waals surface area (Å²) in [6.07, 6.45) is 2.06. The second-order valence-electron chi connectivity index (χ2n) is 6.16. The van der Waals surface area contributed by atoms with Crippen molar-refractivity contribution in [3.63, 3.8) is 0 Å². The lowest BCUT2D eigenvalue weighted by Crippen LogP contribution is -2.45. The number of likely N-dealkylation sites (tertiary alicyclic amines) is 1. The number of carbonyl (C=O) groups is 1. The standard InChI is InChI=1S/C19H23N3O4/c1-24-15-6-3-5-14(11-15)12-19(23)22-10-4-7-16(13-22)26-18-9-8-17(25-2)20-21-18/h3,5-6,8-9,11,16H,4,7,10,12-13H2,1-2H3. The number of hydrogen-bond acceptors (Lipinski definition) is 6. The average Bonchev–Trinajstić information content (AvgIpc) is 2.69. The Morgan fingerprint density at radius 3 is 2.69 bits per heavy atom. The maximum Gasteiger partial charge on any atom is 0.233 e. The van der Waals surface area contributed by atoms with Crippen molar-refractivity contribution in [2.24, 2.45) is 0 Å². The molecule has 7 nitrogen and oxygen atoms in total. The minimum atomic E-state index is -0.0827. The predicted molar refractivity (Wildman–Crippen MR) is 95.5 cm³/mol. The Morgan fingerprint density at radius 2 is 1.96 bits per heavy atom. The van der Waals surface area contributed by atoms with Crippen molar-refractivity contribution in [2.45, 2.75) is 25.4 Å². The summed E-state index contributed by atoms with van der Waals surface area (Å²) < 4.78 is 16.1. The maximum atomic E-state index is 12.6. The number of aromatic nitrogens is 2. The van der Waals surface area contributed by atoms with Gasteiger partial charge in [-0.25, -0.2) is 0 Å². The summed E-state index contributed by atoms with van der Waals surface area (Å²) in [7, 11) is 3.16. The summed E-state index contributed by atoms with van der Waals surface area (Å²) in [4.78, 5) is 14.5. The normalized spacial score (nSPS) is 16.8. The van der Waals surface area contributed by atoms with Crippen LogP contribution in [0.4, 0.5) is 0 Å². The number of rotatable bonds is 6. The van der Waals surface area contributed by atoms with E-state index in [1.54, 1.807) is 19.2 Å². The molecule has 7 heteroatoms. The molecule has 1 aromatic carbocycles. The molecule has 138 valence electrons. The van der Waals surface area contributed by atoms with Crippen molar-refractivity contribution in [2.75, 3.05) is 27.3 Å². The molecule has 2 aromatic rings. The minimum absolute atomic E-state index is 0.0827. The fourth-order valence-electron chi connectivity index (χ4n) is 2.98. The van der Waals surface area contributed by atoms with Gasteiger partial charge < -0.3 is 19.1 Å². The van der Waals surface area contributed by atoms with Crippen molar-refractivity contribution in [3.8, 4) is 17.5 Å². The molecule has 1 aromatic heterocycles. The number of piperidine rings is 1. The van der Waals surface area contributed by atoms with Crippen LogP contribution in [0.3, 0.4) is 0 Å². The molecule has 0 N–H and O–H groups in total. The first-order valence-corrected chi connectivity index (χ1v) is 8.63. The van der Waals surface area contributed by atoms with Gasteiger partial charge in [0.15, 0.2) is 0 Å². The van der Waals surface area contributed by atoms with Crippen molar-refractivity contribution in [1.82, 2.24) is 15.1 Å². The highest BCUT2D eigenvalue weighted by atomic mass is 16.5. The zero-order chi connectivity index (χ0) is 18.4. The van der Waals surface area contributed by atoms with Gasteiger partial charge in [0, 0.05) is 18.7 Å². The molecule has 1 amide bonds. The van der Waals surface area contributed by atoms with E-state index in [9.17, 15) is 4.79 Å². The minimum Gasteiger partial charge on any atom is -0.497 e. The van der Waals surface area contributed by atoms with Gasteiger partial charge in [0.1, 0.15) is 11.9 Å². The molecule has 0 spiro atoms. The molecular weight excluding hydrogens is 334 g/mol. The summed E-state index contributed by atoms with van der Waals surface area (Å²) in [6, 6.07) is 11.0. The smallest absolute Gasteiger partial charge is 0.233 e. The Hall–Kier alpha value is -2.83. The number of benzene rings is 1. The van der Waals surface area contributed by atoms with Gasteiger partial charge in [-0.05, 0) is 30.5 Å². The number of amides is 1. The Bertz CT molecular complexity index is 736. The van der Waals surface area contributed by atoms with Gasteiger partial charge in [-0.3, -0.25) is 4.79 Å². The topological polar surface area (TPSA) is 73.8 Å². The summed E-state index contributed by atoms with van der Waals surface area (Å²) in [5.74, 6) is 1.73. The van der Waals surface area contributed by atoms with Crippen LogP contribution in [0.5, 0.6) is 17.5 Å². The molecule has 1 fully saturated rings. The first-order chi connectivity index (χ1) is 12.7. The van der Waals surface area contributed by atoms with E-state index in [2.05, 4.69) is 10.2 Å². The Labute approximate surface area is 152 Å². The van der Waals surface area contributed by atoms with E-state index in [1.165, 1.54) is 7.11 Å². The Morgan fingerprint density at radius 1 is 1.15 bits per heavy atom. The van der Waals surface area contributed by atoms with Crippen LogP contribution >= 0.6 is 0 Å². The number of nitrogens with zero attached hydrogens (tertiary/aromatic N) is 3. The van der Waals surface area contributed by atoms with Gasteiger partial charge in [0.2, 0.25) is 17.7 Å². The van der Waals surface area contributed by atoms with Crippen molar-refractivity contribution >= 4 is 5.91 Å². The van der Waals surface area contributed by atoms with Crippen LogP contribution in [-0.4, -0.2) is 54.4 Å². The molecule has 0 saturated carbocycles. The monoisotopic (exact) mass is 357 g/mol. The molecule has 1 saturated heterocycles. The highest BCUT2D eigenvalue weighted by Gasteiger charge is 2.25. The fraction of sp³-hybridized carbons (Fsp3) is 0.421. The van der Waals surface area contributed by atoms with Crippen molar-refractivity contribution in [3.05, 3.63) is 42.0 Å². The third kappa shape index (κ3) is 4.62. The Balaban J connectivity index is 1.57. The van der Waals surface area contributed by atoms with Crippen molar-refractivity contribution in [1.29, 1.82) is 0 Å². The molecule has 1 aliphatic heterocycles. The Kier molecular flexibility index (Phi) is 5.88. The second-order valence-corrected chi connectivity index (χ2v) is 6.16. The van der Waals surface area contributed by atoms with Crippen molar-refractivity contribution < 1.29 is 19.0 Å². The van der Waals surface area contributed by atoms with E-state index in [0.717, 1.165) is 30.7 Å². The third-order valence-corrected chi connectivity index (χ3v) is 4.33. The van der Waals surface area contributed by atoms with Crippen LogP contribution in [0.2, 0.25) is 0 Å². The van der Waals surface area contributed by atoms with Gasteiger partial charge in [0.05, 0.1) is 27.2 Å². The molecule has 2 heterocycles.